The van der Waals surface area contributed by atoms with E-state index < -0.39 is 0 Å². The molecule has 33 heavy (non-hydrogen) atoms. The van der Waals surface area contributed by atoms with Gasteiger partial charge >= 0.3 is 0 Å². The van der Waals surface area contributed by atoms with Crippen LogP contribution >= 0.6 is 12.2 Å². The van der Waals surface area contributed by atoms with E-state index in [2.05, 4.69) is 36.7 Å². The molecule has 0 aliphatic rings. The third-order valence-electron chi connectivity index (χ3n) is 4.78. The highest BCUT2D eigenvalue weighted by atomic mass is 32.1. The fourth-order valence-electron chi connectivity index (χ4n) is 2.95. The van der Waals surface area contributed by atoms with Gasteiger partial charge in [-0.1, -0.05) is 51.1 Å². The monoisotopic (exact) mass is 461 g/mol. The molecule has 2 amide bonds. The van der Waals surface area contributed by atoms with Gasteiger partial charge in [0.2, 0.25) is 0 Å². The number of anilines is 2. The average Bonchev–Trinajstić information content (AvgIpc) is 2.79. The smallest absolute Gasteiger partial charge is 0.264 e. The maximum atomic E-state index is 12.5. The Hall–Kier alpha value is -3.71. The molecule has 0 unspecified atom stereocenters. The lowest BCUT2D eigenvalue weighted by Crippen LogP contribution is -2.37. The van der Waals surface area contributed by atoms with Crippen LogP contribution < -0.4 is 20.7 Å². The van der Waals surface area contributed by atoms with Crippen molar-refractivity contribution in [2.75, 3.05) is 17.2 Å². The minimum atomic E-state index is -0.363. The number of hydrogen-bond donors (Lipinski definition) is 3. The van der Waals surface area contributed by atoms with Crippen LogP contribution in [0.1, 0.15) is 36.7 Å². The van der Waals surface area contributed by atoms with Crippen LogP contribution in [-0.2, 0) is 10.2 Å². The Balaban J connectivity index is 1.47. The summed E-state index contributed by atoms with van der Waals surface area (Å²) in [5, 5.41) is 8.54. The Labute approximate surface area is 199 Å². The van der Waals surface area contributed by atoms with Crippen LogP contribution in [0.5, 0.6) is 5.75 Å². The van der Waals surface area contributed by atoms with Crippen molar-refractivity contribution in [3.8, 4) is 5.75 Å². The van der Waals surface area contributed by atoms with Gasteiger partial charge in [0, 0.05) is 16.9 Å². The summed E-state index contributed by atoms with van der Waals surface area (Å²) in [6, 6.07) is 23.7. The lowest BCUT2D eigenvalue weighted by Gasteiger charge is -2.19. The summed E-state index contributed by atoms with van der Waals surface area (Å²) in [5.74, 6) is 0.0596. The molecule has 6 nitrogen and oxygen atoms in total. The highest BCUT2D eigenvalue weighted by molar-refractivity contribution is 7.80. The molecular weight excluding hydrogens is 434 g/mol. The van der Waals surface area contributed by atoms with E-state index in [0.717, 1.165) is 0 Å². The first-order valence-corrected chi connectivity index (χ1v) is 10.9. The van der Waals surface area contributed by atoms with Gasteiger partial charge in [-0.15, -0.1) is 0 Å². The summed E-state index contributed by atoms with van der Waals surface area (Å²) in [7, 11) is 0. The standard InChI is InChI=1S/C26H27N3O3S/c1-26(2,3)19-11-9-18(10-12-19)24(31)27-20-13-15-21(16-14-20)28-25(33)29-23(30)17-32-22-7-5-4-6-8-22/h4-16H,17H2,1-3H3,(H,27,31)(H2,28,29,30,33). The molecule has 3 aromatic carbocycles. The van der Waals surface area contributed by atoms with E-state index in [1.165, 1.54) is 5.56 Å². The van der Waals surface area contributed by atoms with Crippen LogP contribution in [0, 0.1) is 0 Å². The average molecular weight is 462 g/mol. The van der Waals surface area contributed by atoms with Gasteiger partial charge in [0.25, 0.3) is 11.8 Å². The number of hydrogen-bond acceptors (Lipinski definition) is 4. The Morgan fingerprint density at radius 1 is 0.818 bits per heavy atom. The van der Waals surface area contributed by atoms with Crippen LogP contribution in [-0.4, -0.2) is 23.5 Å². The topological polar surface area (TPSA) is 79.5 Å². The number of nitrogens with one attached hydrogen (secondary N) is 3. The molecule has 0 spiro atoms. The van der Waals surface area contributed by atoms with Gasteiger partial charge in [0.15, 0.2) is 11.7 Å². The maximum Gasteiger partial charge on any atom is 0.264 e. The van der Waals surface area contributed by atoms with Crippen molar-refractivity contribution < 1.29 is 14.3 Å². The fraction of sp³-hybridized carbons (Fsp3) is 0.192. The lowest BCUT2D eigenvalue weighted by molar-refractivity contribution is -0.121. The number of amides is 2. The van der Waals surface area contributed by atoms with Gasteiger partial charge < -0.3 is 15.4 Å². The van der Waals surface area contributed by atoms with E-state index in [1.807, 2.05) is 42.5 Å². The zero-order valence-electron chi connectivity index (χ0n) is 18.8. The normalized spacial score (nSPS) is 10.8. The molecule has 0 aromatic heterocycles. The van der Waals surface area contributed by atoms with Crippen LogP contribution in [0.2, 0.25) is 0 Å². The molecule has 3 N–H and O–H groups in total. The van der Waals surface area contributed by atoms with E-state index in [0.29, 0.717) is 22.7 Å². The number of rotatable bonds is 6. The second-order valence-corrected chi connectivity index (χ2v) is 8.87. The number of thiocarbonyl (C=S) groups is 1. The molecule has 0 fully saturated rings. The van der Waals surface area contributed by atoms with Gasteiger partial charge in [0.1, 0.15) is 5.75 Å². The highest BCUT2D eigenvalue weighted by Gasteiger charge is 2.14. The predicted molar refractivity (Wildman–Crippen MR) is 136 cm³/mol. The molecule has 0 saturated heterocycles. The highest BCUT2D eigenvalue weighted by Crippen LogP contribution is 2.22. The molecule has 0 aliphatic carbocycles. The van der Waals surface area contributed by atoms with Crippen molar-refractivity contribution in [3.05, 3.63) is 90.0 Å². The largest absolute Gasteiger partial charge is 0.484 e. The number of ether oxygens (including phenoxy) is 1. The number of carbonyl (C=O) groups is 2. The summed E-state index contributed by atoms with van der Waals surface area (Å²) < 4.78 is 5.39. The zero-order chi connectivity index (χ0) is 23.8. The molecule has 0 radical (unpaired) electrons. The molecule has 0 heterocycles. The first-order valence-electron chi connectivity index (χ1n) is 10.5. The molecule has 0 saturated carbocycles. The van der Waals surface area contributed by atoms with Crippen molar-refractivity contribution in [1.82, 2.24) is 5.32 Å². The van der Waals surface area contributed by atoms with Crippen LogP contribution in [0.3, 0.4) is 0 Å². The van der Waals surface area contributed by atoms with E-state index >= 15 is 0 Å². The van der Waals surface area contributed by atoms with Crippen molar-refractivity contribution in [2.45, 2.75) is 26.2 Å². The fourth-order valence-corrected chi connectivity index (χ4v) is 3.18. The molecule has 0 aliphatic heterocycles. The molecule has 170 valence electrons. The Kier molecular flexibility index (Phi) is 7.79. The predicted octanol–water partition coefficient (Wildman–Crippen LogP) is 5.13. The minimum absolute atomic E-state index is 0.0345. The Bertz CT molecular complexity index is 1110. The summed E-state index contributed by atoms with van der Waals surface area (Å²) >= 11 is 5.18. The van der Waals surface area contributed by atoms with Crippen LogP contribution in [0.15, 0.2) is 78.9 Å². The molecular formula is C26H27N3O3S. The summed E-state index contributed by atoms with van der Waals surface area (Å²) in [5.41, 5.74) is 3.12. The van der Waals surface area contributed by atoms with Gasteiger partial charge in [0.05, 0.1) is 0 Å². The van der Waals surface area contributed by atoms with Crippen LogP contribution in [0.25, 0.3) is 0 Å². The first-order chi connectivity index (χ1) is 15.7. The van der Waals surface area contributed by atoms with Crippen molar-refractivity contribution in [1.29, 1.82) is 0 Å². The second kappa shape index (κ2) is 10.7. The Morgan fingerprint density at radius 2 is 1.39 bits per heavy atom. The second-order valence-electron chi connectivity index (χ2n) is 8.46. The molecule has 0 bridgehead atoms. The number of para-hydroxylation sites is 1. The van der Waals surface area contributed by atoms with Crippen LogP contribution in [0.4, 0.5) is 11.4 Å². The van der Waals surface area contributed by atoms with E-state index in [-0.39, 0.29) is 28.9 Å². The van der Waals surface area contributed by atoms with Crippen molar-refractivity contribution >= 4 is 40.5 Å². The summed E-state index contributed by atoms with van der Waals surface area (Å²) in [6.45, 7) is 6.25. The van der Waals surface area contributed by atoms with Gasteiger partial charge in [-0.05, 0) is 71.7 Å². The van der Waals surface area contributed by atoms with Crippen molar-refractivity contribution in [3.63, 3.8) is 0 Å². The van der Waals surface area contributed by atoms with E-state index in [4.69, 9.17) is 17.0 Å². The number of carbonyl (C=O) groups excluding carboxylic acids is 2. The molecule has 3 rings (SSSR count). The zero-order valence-corrected chi connectivity index (χ0v) is 19.7. The van der Waals surface area contributed by atoms with E-state index in [1.54, 1.807) is 36.4 Å². The van der Waals surface area contributed by atoms with E-state index in [9.17, 15) is 9.59 Å². The lowest BCUT2D eigenvalue weighted by atomic mass is 9.87. The van der Waals surface area contributed by atoms with Gasteiger partial charge in [-0.25, -0.2) is 0 Å². The molecule has 7 heteroatoms. The number of benzene rings is 3. The van der Waals surface area contributed by atoms with Crippen molar-refractivity contribution in [2.24, 2.45) is 0 Å². The Morgan fingerprint density at radius 3 is 1.97 bits per heavy atom. The summed E-state index contributed by atoms with van der Waals surface area (Å²) in [6.07, 6.45) is 0. The quantitative estimate of drug-likeness (QED) is 0.444. The SMILES string of the molecule is CC(C)(C)c1ccc(C(=O)Nc2ccc(NC(=S)NC(=O)COc3ccccc3)cc2)cc1. The first kappa shape index (κ1) is 23.9. The third-order valence-corrected chi connectivity index (χ3v) is 4.98. The maximum absolute atomic E-state index is 12.5. The minimum Gasteiger partial charge on any atom is -0.484 e. The van der Waals surface area contributed by atoms with Gasteiger partial charge in [-0.2, -0.15) is 0 Å². The molecule has 3 aromatic rings. The van der Waals surface area contributed by atoms with Gasteiger partial charge in [-0.3, -0.25) is 14.9 Å². The third kappa shape index (κ3) is 7.43. The summed E-state index contributed by atoms with van der Waals surface area (Å²) in [4.78, 5) is 24.5. The molecule has 0 atom stereocenters.